The molecule has 1 aromatic heterocycles. The van der Waals surface area contributed by atoms with Crippen molar-refractivity contribution < 1.29 is 14.3 Å². The van der Waals surface area contributed by atoms with E-state index in [9.17, 15) is 9.59 Å². The zero-order valence-corrected chi connectivity index (χ0v) is 14.2. The fourth-order valence-electron chi connectivity index (χ4n) is 3.38. The van der Waals surface area contributed by atoms with Crippen LogP contribution in [-0.2, 0) is 28.9 Å². The molecule has 2 heterocycles. The molecule has 1 aliphatic heterocycles. The van der Waals surface area contributed by atoms with Crippen molar-refractivity contribution in [1.82, 2.24) is 14.7 Å². The second-order valence-electron chi connectivity index (χ2n) is 7.37. The molecule has 1 amide bonds. The van der Waals surface area contributed by atoms with Gasteiger partial charge in [0.1, 0.15) is 12.1 Å². The summed E-state index contributed by atoms with van der Waals surface area (Å²) in [6.07, 6.45) is 4.89. The highest BCUT2D eigenvalue weighted by Crippen LogP contribution is 2.27. The van der Waals surface area contributed by atoms with Gasteiger partial charge in [0.25, 0.3) is 5.91 Å². The fraction of sp³-hybridized carbons (Fsp3) is 0.706. The lowest BCUT2D eigenvalue weighted by molar-refractivity contribution is -0.155. The highest BCUT2D eigenvalue weighted by molar-refractivity contribution is 5.94. The summed E-state index contributed by atoms with van der Waals surface area (Å²) in [7, 11) is 0. The third-order valence-electron chi connectivity index (χ3n) is 4.30. The van der Waals surface area contributed by atoms with E-state index in [2.05, 4.69) is 5.10 Å². The van der Waals surface area contributed by atoms with Crippen molar-refractivity contribution in [2.75, 3.05) is 13.1 Å². The molecule has 23 heavy (non-hydrogen) atoms. The predicted octanol–water partition coefficient (Wildman–Crippen LogP) is 1.95. The molecule has 0 saturated carbocycles. The first-order chi connectivity index (χ1) is 10.8. The van der Waals surface area contributed by atoms with Crippen LogP contribution in [0.5, 0.6) is 0 Å². The van der Waals surface area contributed by atoms with Crippen molar-refractivity contribution in [3.8, 4) is 0 Å². The molecule has 6 nitrogen and oxygen atoms in total. The first-order valence-corrected chi connectivity index (χ1v) is 8.45. The molecule has 6 heteroatoms. The van der Waals surface area contributed by atoms with E-state index in [4.69, 9.17) is 4.74 Å². The Bertz CT molecular complexity index is 622. The number of carbonyl (C=O) groups is 2. The Balaban J connectivity index is 1.81. The van der Waals surface area contributed by atoms with Crippen LogP contribution in [0.15, 0.2) is 0 Å². The lowest BCUT2D eigenvalue weighted by Crippen LogP contribution is -2.29. The highest BCUT2D eigenvalue weighted by atomic mass is 16.6. The van der Waals surface area contributed by atoms with Gasteiger partial charge in [0.05, 0.1) is 0 Å². The Hall–Kier alpha value is -1.85. The SMILES string of the molecule is CC(C)(C)OC(=O)Cn1nc(C(=O)N2CCCC2)c2c1CCC2. The number of fused-ring (bicyclic) bond motifs is 1. The molecule has 2 aliphatic rings. The normalized spacial score (nSPS) is 17.4. The summed E-state index contributed by atoms with van der Waals surface area (Å²) >= 11 is 0. The number of hydrogen-bond acceptors (Lipinski definition) is 4. The Morgan fingerprint density at radius 3 is 2.48 bits per heavy atom. The molecule has 0 atom stereocenters. The lowest BCUT2D eigenvalue weighted by atomic mass is 10.2. The van der Waals surface area contributed by atoms with Gasteiger partial charge in [0, 0.05) is 24.3 Å². The number of hydrogen-bond donors (Lipinski definition) is 0. The number of likely N-dealkylation sites (tertiary alicyclic amines) is 1. The number of esters is 1. The standard InChI is InChI=1S/C17H25N3O3/c1-17(2,3)23-14(21)11-20-13-8-6-7-12(13)15(18-20)16(22)19-9-4-5-10-19/h4-11H2,1-3H3. The van der Waals surface area contributed by atoms with Crippen LogP contribution in [0.25, 0.3) is 0 Å². The molecule has 0 aromatic carbocycles. The summed E-state index contributed by atoms with van der Waals surface area (Å²) in [4.78, 5) is 26.6. The summed E-state index contributed by atoms with van der Waals surface area (Å²) in [5.41, 5.74) is 2.09. The van der Waals surface area contributed by atoms with Gasteiger partial charge in [-0.25, -0.2) is 0 Å². The molecule has 0 N–H and O–H groups in total. The maximum Gasteiger partial charge on any atom is 0.328 e. The number of ether oxygens (including phenoxy) is 1. The minimum absolute atomic E-state index is 0.0172. The minimum atomic E-state index is -0.512. The van der Waals surface area contributed by atoms with E-state index in [1.54, 1.807) is 4.68 Å². The average molecular weight is 319 g/mol. The third-order valence-corrected chi connectivity index (χ3v) is 4.30. The van der Waals surface area contributed by atoms with Crippen LogP contribution < -0.4 is 0 Å². The summed E-state index contributed by atoms with van der Waals surface area (Å²) < 4.78 is 7.06. The van der Waals surface area contributed by atoms with Gasteiger partial charge in [0.15, 0.2) is 5.69 Å². The number of carbonyl (C=O) groups excluding carboxylic acids is 2. The van der Waals surface area contributed by atoms with Gasteiger partial charge in [-0.3, -0.25) is 14.3 Å². The summed E-state index contributed by atoms with van der Waals surface area (Å²) in [6.45, 7) is 7.24. The van der Waals surface area contributed by atoms with Crippen molar-refractivity contribution in [2.45, 2.75) is 65.0 Å². The second-order valence-corrected chi connectivity index (χ2v) is 7.37. The first kappa shape index (κ1) is 16.0. The van der Waals surface area contributed by atoms with Crippen LogP contribution in [-0.4, -0.2) is 45.2 Å². The van der Waals surface area contributed by atoms with E-state index in [1.807, 2.05) is 25.7 Å². The van der Waals surface area contributed by atoms with E-state index in [0.717, 1.165) is 56.5 Å². The van der Waals surface area contributed by atoms with Gasteiger partial charge in [-0.15, -0.1) is 0 Å². The monoisotopic (exact) mass is 319 g/mol. The zero-order valence-electron chi connectivity index (χ0n) is 14.2. The number of rotatable bonds is 3. The molecule has 0 bridgehead atoms. The zero-order chi connectivity index (χ0) is 16.6. The maximum atomic E-state index is 12.7. The predicted molar refractivity (Wildman–Crippen MR) is 85.2 cm³/mol. The molecule has 0 radical (unpaired) electrons. The van der Waals surface area contributed by atoms with Crippen LogP contribution in [0.3, 0.4) is 0 Å². The highest BCUT2D eigenvalue weighted by Gasteiger charge is 2.31. The summed E-state index contributed by atoms with van der Waals surface area (Å²) in [5.74, 6) is -0.293. The molecule has 0 unspecified atom stereocenters. The van der Waals surface area contributed by atoms with Crippen molar-refractivity contribution in [1.29, 1.82) is 0 Å². The van der Waals surface area contributed by atoms with Crippen LogP contribution in [0.1, 0.15) is 61.8 Å². The van der Waals surface area contributed by atoms with E-state index >= 15 is 0 Å². The Morgan fingerprint density at radius 1 is 1.13 bits per heavy atom. The van der Waals surface area contributed by atoms with Crippen molar-refractivity contribution >= 4 is 11.9 Å². The van der Waals surface area contributed by atoms with E-state index in [0.29, 0.717) is 5.69 Å². The van der Waals surface area contributed by atoms with Crippen LogP contribution in [0, 0.1) is 0 Å². The quantitative estimate of drug-likeness (QED) is 0.799. The molecule has 126 valence electrons. The first-order valence-electron chi connectivity index (χ1n) is 8.45. The molecule has 1 aromatic rings. The number of aromatic nitrogens is 2. The fourth-order valence-corrected chi connectivity index (χ4v) is 3.38. The van der Waals surface area contributed by atoms with E-state index in [-0.39, 0.29) is 18.4 Å². The minimum Gasteiger partial charge on any atom is -0.459 e. The van der Waals surface area contributed by atoms with Crippen LogP contribution >= 0.6 is 0 Å². The maximum absolute atomic E-state index is 12.7. The molecular formula is C17H25N3O3. The van der Waals surface area contributed by atoms with Gasteiger partial charge in [-0.1, -0.05) is 0 Å². The molecule has 3 rings (SSSR count). The molecule has 1 saturated heterocycles. The van der Waals surface area contributed by atoms with Gasteiger partial charge < -0.3 is 9.64 Å². The summed E-state index contributed by atoms with van der Waals surface area (Å²) in [5, 5.41) is 4.47. The largest absolute Gasteiger partial charge is 0.459 e. The Labute approximate surface area is 136 Å². The van der Waals surface area contributed by atoms with Gasteiger partial charge in [0.2, 0.25) is 0 Å². The lowest BCUT2D eigenvalue weighted by Gasteiger charge is -2.19. The summed E-state index contributed by atoms with van der Waals surface area (Å²) in [6, 6.07) is 0. The topological polar surface area (TPSA) is 64.4 Å². The van der Waals surface area contributed by atoms with E-state index in [1.165, 1.54) is 0 Å². The Kier molecular flexibility index (Phi) is 4.17. The molecule has 1 fully saturated rings. The number of nitrogens with zero attached hydrogens (tertiary/aromatic N) is 3. The van der Waals surface area contributed by atoms with E-state index < -0.39 is 5.60 Å². The smallest absolute Gasteiger partial charge is 0.328 e. The van der Waals surface area contributed by atoms with Crippen LogP contribution in [0.4, 0.5) is 0 Å². The Morgan fingerprint density at radius 2 is 1.83 bits per heavy atom. The average Bonchev–Trinajstić information content (AvgIpc) is 3.14. The van der Waals surface area contributed by atoms with Crippen molar-refractivity contribution in [3.05, 3.63) is 17.0 Å². The molecule has 1 aliphatic carbocycles. The molecule has 0 spiro atoms. The number of amides is 1. The van der Waals surface area contributed by atoms with Gasteiger partial charge >= 0.3 is 5.97 Å². The van der Waals surface area contributed by atoms with Gasteiger partial charge in [-0.2, -0.15) is 5.10 Å². The van der Waals surface area contributed by atoms with Gasteiger partial charge in [-0.05, 0) is 52.9 Å². The van der Waals surface area contributed by atoms with Crippen molar-refractivity contribution in [3.63, 3.8) is 0 Å². The molecular weight excluding hydrogens is 294 g/mol. The second kappa shape index (κ2) is 5.98. The van der Waals surface area contributed by atoms with Crippen molar-refractivity contribution in [2.24, 2.45) is 0 Å². The van der Waals surface area contributed by atoms with Crippen LogP contribution in [0.2, 0.25) is 0 Å². The third kappa shape index (κ3) is 3.41.